The van der Waals surface area contributed by atoms with Crippen LogP contribution in [-0.2, 0) is 19.5 Å². The van der Waals surface area contributed by atoms with Gasteiger partial charge in [0.2, 0.25) is 5.82 Å². The molecule has 146 valence electrons. The lowest BCUT2D eigenvalue weighted by atomic mass is 10.3. The Bertz CT molecular complexity index is 912. The topological polar surface area (TPSA) is 115 Å². The number of rotatable bonds is 4. The third kappa shape index (κ3) is 3.75. The van der Waals surface area contributed by atoms with E-state index in [2.05, 4.69) is 10.1 Å². The molecule has 0 saturated carbocycles. The van der Waals surface area contributed by atoms with Crippen LogP contribution >= 0.6 is 11.3 Å². The van der Waals surface area contributed by atoms with Gasteiger partial charge < -0.3 is 18.9 Å². The van der Waals surface area contributed by atoms with Gasteiger partial charge >= 0.3 is 11.8 Å². The van der Waals surface area contributed by atoms with E-state index in [0.29, 0.717) is 58.2 Å². The first-order valence-electron chi connectivity index (χ1n) is 8.43. The predicted octanol–water partition coefficient (Wildman–Crippen LogP) is 0.291. The lowest BCUT2D eigenvalue weighted by molar-refractivity contribution is 0.0272. The van der Waals surface area contributed by atoms with E-state index in [4.69, 9.17) is 14.0 Å². The van der Waals surface area contributed by atoms with Gasteiger partial charge in [0.25, 0.3) is 10.0 Å². The molecule has 2 aromatic heterocycles. The Balaban J connectivity index is 1.52. The van der Waals surface area contributed by atoms with Crippen molar-refractivity contribution in [3.63, 3.8) is 0 Å². The van der Waals surface area contributed by atoms with Gasteiger partial charge in [-0.05, 0) is 6.07 Å². The predicted molar refractivity (Wildman–Crippen MR) is 93.9 cm³/mol. The summed E-state index contributed by atoms with van der Waals surface area (Å²) in [7, 11) is -3.58. The lowest BCUT2D eigenvalue weighted by Gasteiger charge is -2.25. The average Bonchev–Trinajstić information content (AvgIpc) is 3.38. The third-order valence-corrected chi connectivity index (χ3v) is 7.62. The molecule has 1 amide bonds. The van der Waals surface area contributed by atoms with Gasteiger partial charge in [0, 0.05) is 37.1 Å². The molecular weight excluding hydrogens is 396 g/mol. The standard InChI is InChI=1S/C15H18N4O6S2/c20-15(18-1-5-23-6-2-18)14-16-13(17-25-14)11-9-12(26-10-11)27(21,22)19-3-7-24-8-4-19/h9-10H,1-8H2. The fourth-order valence-electron chi connectivity index (χ4n) is 2.81. The number of ether oxygens (including phenoxy) is 2. The van der Waals surface area contributed by atoms with Crippen molar-refractivity contribution in [2.45, 2.75) is 4.21 Å². The molecule has 2 saturated heterocycles. The number of carbonyl (C=O) groups is 1. The highest BCUT2D eigenvalue weighted by atomic mass is 32.2. The number of morpholine rings is 2. The molecule has 0 aliphatic carbocycles. The van der Waals surface area contributed by atoms with E-state index in [1.165, 1.54) is 10.4 Å². The Hall–Kier alpha value is -1.86. The molecule has 12 heteroatoms. The van der Waals surface area contributed by atoms with Crippen molar-refractivity contribution in [2.75, 3.05) is 52.6 Å². The van der Waals surface area contributed by atoms with Crippen LogP contribution in [0.25, 0.3) is 11.4 Å². The molecule has 0 aromatic carbocycles. The zero-order valence-electron chi connectivity index (χ0n) is 14.4. The average molecular weight is 414 g/mol. The monoisotopic (exact) mass is 414 g/mol. The minimum absolute atomic E-state index is 0.115. The normalized spacial score (nSPS) is 19.3. The minimum Gasteiger partial charge on any atom is -0.379 e. The third-order valence-electron chi connectivity index (χ3n) is 4.31. The summed E-state index contributed by atoms with van der Waals surface area (Å²) in [6, 6.07) is 1.50. The molecule has 0 bridgehead atoms. The molecular formula is C15H18N4O6S2. The van der Waals surface area contributed by atoms with Crippen LogP contribution in [0.2, 0.25) is 0 Å². The number of hydrogen-bond donors (Lipinski definition) is 0. The Kier molecular flexibility index (Phi) is 5.23. The molecule has 0 unspecified atom stereocenters. The van der Waals surface area contributed by atoms with Gasteiger partial charge in [0.15, 0.2) is 0 Å². The van der Waals surface area contributed by atoms with Crippen molar-refractivity contribution in [2.24, 2.45) is 0 Å². The first kappa shape index (κ1) is 18.5. The Morgan fingerprint density at radius 2 is 1.74 bits per heavy atom. The fraction of sp³-hybridized carbons (Fsp3) is 0.533. The van der Waals surface area contributed by atoms with E-state index >= 15 is 0 Å². The van der Waals surface area contributed by atoms with Gasteiger partial charge in [0.05, 0.1) is 26.4 Å². The highest BCUT2D eigenvalue weighted by Crippen LogP contribution is 2.29. The van der Waals surface area contributed by atoms with E-state index in [1.807, 2.05) is 0 Å². The van der Waals surface area contributed by atoms with E-state index in [1.54, 1.807) is 10.3 Å². The fourth-order valence-corrected chi connectivity index (χ4v) is 5.53. The quantitative estimate of drug-likeness (QED) is 0.701. The molecule has 4 heterocycles. The molecule has 2 fully saturated rings. The van der Waals surface area contributed by atoms with Crippen molar-refractivity contribution in [1.29, 1.82) is 0 Å². The van der Waals surface area contributed by atoms with Crippen LogP contribution in [0.3, 0.4) is 0 Å². The molecule has 27 heavy (non-hydrogen) atoms. The first-order valence-corrected chi connectivity index (χ1v) is 10.8. The smallest absolute Gasteiger partial charge is 0.316 e. The molecule has 0 N–H and O–H groups in total. The van der Waals surface area contributed by atoms with Gasteiger partial charge in [-0.15, -0.1) is 11.3 Å². The van der Waals surface area contributed by atoms with Crippen molar-refractivity contribution in [3.05, 3.63) is 17.3 Å². The summed E-state index contributed by atoms with van der Waals surface area (Å²) in [4.78, 5) is 18.1. The lowest BCUT2D eigenvalue weighted by Crippen LogP contribution is -2.40. The molecule has 0 spiro atoms. The number of amides is 1. The summed E-state index contributed by atoms with van der Waals surface area (Å²) in [5, 5.41) is 5.46. The maximum atomic E-state index is 12.7. The number of nitrogens with zero attached hydrogens (tertiary/aromatic N) is 4. The van der Waals surface area contributed by atoms with Crippen LogP contribution in [0.1, 0.15) is 10.7 Å². The van der Waals surface area contributed by atoms with E-state index in [9.17, 15) is 13.2 Å². The van der Waals surface area contributed by atoms with Crippen LogP contribution in [0.5, 0.6) is 0 Å². The van der Waals surface area contributed by atoms with Gasteiger partial charge in [-0.1, -0.05) is 5.16 Å². The van der Waals surface area contributed by atoms with Gasteiger partial charge in [-0.25, -0.2) is 8.42 Å². The number of hydrogen-bond acceptors (Lipinski definition) is 9. The van der Waals surface area contributed by atoms with E-state index in [0.717, 1.165) is 11.3 Å². The Morgan fingerprint density at radius 3 is 2.44 bits per heavy atom. The summed E-state index contributed by atoms with van der Waals surface area (Å²) in [6.07, 6.45) is 0. The van der Waals surface area contributed by atoms with Crippen molar-refractivity contribution >= 4 is 27.3 Å². The van der Waals surface area contributed by atoms with E-state index < -0.39 is 10.0 Å². The van der Waals surface area contributed by atoms with E-state index in [-0.39, 0.29) is 21.8 Å². The Morgan fingerprint density at radius 1 is 1.07 bits per heavy atom. The Labute approximate surface area is 159 Å². The number of aromatic nitrogens is 2. The van der Waals surface area contributed by atoms with Crippen LogP contribution < -0.4 is 0 Å². The summed E-state index contributed by atoms with van der Waals surface area (Å²) < 4.78 is 42.5. The van der Waals surface area contributed by atoms with Gasteiger partial charge in [0.1, 0.15) is 4.21 Å². The van der Waals surface area contributed by atoms with Crippen molar-refractivity contribution < 1.29 is 27.2 Å². The summed E-state index contributed by atoms with van der Waals surface area (Å²) in [5.41, 5.74) is 0.497. The second-order valence-corrected chi connectivity index (χ2v) is 9.07. The second-order valence-electron chi connectivity index (χ2n) is 6.00. The molecule has 0 radical (unpaired) electrons. The van der Waals surface area contributed by atoms with Gasteiger partial charge in [-0.3, -0.25) is 4.79 Å². The van der Waals surface area contributed by atoms with Crippen LogP contribution in [0.15, 0.2) is 20.2 Å². The largest absolute Gasteiger partial charge is 0.379 e. The number of sulfonamides is 1. The van der Waals surface area contributed by atoms with Crippen LogP contribution in [-0.4, -0.2) is 86.3 Å². The maximum absolute atomic E-state index is 12.7. The molecule has 2 aliphatic heterocycles. The first-order chi connectivity index (χ1) is 13.1. The zero-order chi connectivity index (χ0) is 18.9. The minimum atomic E-state index is -3.58. The highest BCUT2D eigenvalue weighted by Gasteiger charge is 2.29. The van der Waals surface area contributed by atoms with Crippen LogP contribution in [0.4, 0.5) is 0 Å². The van der Waals surface area contributed by atoms with Crippen LogP contribution in [0, 0.1) is 0 Å². The van der Waals surface area contributed by atoms with Gasteiger partial charge in [-0.2, -0.15) is 9.29 Å². The summed E-state index contributed by atoms with van der Waals surface area (Å²) >= 11 is 1.09. The molecule has 2 aliphatic rings. The van der Waals surface area contributed by atoms with Crippen molar-refractivity contribution in [1.82, 2.24) is 19.3 Å². The number of thiophene rings is 1. The molecule has 0 atom stereocenters. The molecule has 10 nitrogen and oxygen atoms in total. The number of carbonyl (C=O) groups excluding carboxylic acids is 1. The molecule has 2 aromatic rings. The zero-order valence-corrected chi connectivity index (χ0v) is 16.0. The summed E-state index contributed by atoms with van der Waals surface area (Å²) in [6.45, 7) is 3.31. The second kappa shape index (κ2) is 7.64. The van der Waals surface area contributed by atoms with Crippen molar-refractivity contribution in [3.8, 4) is 11.4 Å². The highest BCUT2D eigenvalue weighted by molar-refractivity contribution is 7.91. The maximum Gasteiger partial charge on any atom is 0.316 e. The summed E-state index contributed by atoms with van der Waals surface area (Å²) in [5.74, 6) is -0.282. The molecule has 4 rings (SSSR count). The SMILES string of the molecule is O=C(c1nc(-c2csc(S(=O)(=O)N3CCOCC3)c2)no1)N1CCOCC1.